The molecule has 0 aromatic rings. The first-order valence-corrected chi connectivity index (χ1v) is 4.93. The predicted molar refractivity (Wildman–Crippen MR) is 53.1 cm³/mol. The van der Waals surface area contributed by atoms with Gasteiger partial charge in [-0.25, -0.2) is 0 Å². The van der Waals surface area contributed by atoms with Crippen molar-refractivity contribution in [1.29, 1.82) is 0 Å². The van der Waals surface area contributed by atoms with Gasteiger partial charge in [0, 0.05) is 0 Å². The van der Waals surface area contributed by atoms with E-state index in [0.29, 0.717) is 5.92 Å². The van der Waals surface area contributed by atoms with Crippen LogP contribution in [0.1, 0.15) is 40.0 Å². The Morgan fingerprint density at radius 3 is 2.38 bits per heavy atom. The zero-order chi connectivity index (χ0) is 10.4. The summed E-state index contributed by atoms with van der Waals surface area (Å²) in [7, 11) is 0. The summed E-state index contributed by atoms with van der Waals surface area (Å²) in [5, 5.41) is 9.53. The molecule has 3 atom stereocenters. The number of hydrogen-bond donors (Lipinski definition) is 2. The van der Waals surface area contributed by atoms with Crippen LogP contribution in [-0.2, 0) is 4.79 Å². The molecule has 0 unspecified atom stereocenters. The fourth-order valence-electron chi connectivity index (χ4n) is 1.37. The molecule has 0 saturated heterocycles. The normalized spacial score (nSPS) is 17.8. The average molecular weight is 187 g/mol. The minimum absolute atomic E-state index is 0.0810. The van der Waals surface area contributed by atoms with Gasteiger partial charge in [0.2, 0.25) is 5.91 Å². The van der Waals surface area contributed by atoms with Crippen molar-refractivity contribution in [2.75, 3.05) is 0 Å². The van der Waals surface area contributed by atoms with E-state index in [-0.39, 0.29) is 12.3 Å². The van der Waals surface area contributed by atoms with Crippen LogP contribution in [0.2, 0.25) is 0 Å². The zero-order valence-corrected chi connectivity index (χ0v) is 8.79. The van der Waals surface area contributed by atoms with Gasteiger partial charge in [-0.3, -0.25) is 4.79 Å². The topological polar surface area (TPSA) is 63.3 Å². The number of carbonyl (C=O) groups is 1. The molecule has 3 nitrogen and oxygen atoms in total. The fraction of sp³-hybridized carbons (Fsp3) is 0.900. The van der Waals surface area contributed by atoms with Crippen LogP contribution in [0.15, 0.2) is 0 Å². The number of aliphatic hydroxyl groups is 1. The van der Waals surface area contributed by atoms with Gasteiger partial charge in [0.15, 0.2) is 0 Å². The highest BCUT2D eigenvalue weighted by molar-refractivity contribution is 5.74. The van der Waals surface area contributed by atoms with Crippen molar-refractivity contribution in [3.63, 3.8) is 0 Å². The van der Waals surface area contributed by atoms with Gasteiger partial charge < -0.3 is 10.8 Å². The predicted octanol–water partition coefficient (Wildman–Crippen LogP) is 1.29. The zero-order valence-electron chi connectivity index (χ0n) is 8.79. The molecule has 78 valence electrons. The lowest BCUT2D eigenvalue weighted by Crippen LogP contribution is -2.26. The average Bonchev–Trinajstić information content (AvgIpc) is 2.02. The number of amides is 1. The lowest BCUT2D eigenvalue weighted by atomic mass is 9.90. The standard InChI is InChI=1S/C10H21NO2/c1-4-7(2)5-8(3)9(12)6-10(11)13/h7-9,12H,4-6H2,1-3H3,(H2,11,13)/t7-,8+,9-/m0/s1. The number of rotatable bonds is 6. The molecule has 0 spiro atoms. The van der Waals surface area contributed by atoms with Gasteiger partial charge >= 0.3 is 0 Å². The van der Waals surface area contributed by atoms with Crippen LogP contribution in [0.4, 0.5) is 0 Å². The molecule has 1 amide bonds. The van der Waals surface area contributed by atoms with Crippen molar-refractivity contribution in [3.8, 4) is 0 Å². The van der Waals surface area contributed by atoms with E-state index < -0.39 is 12.0 Å². The summed E-state index contributed by atoms with van der Waals surface area (Å²) in [6.07, 6.45) is 1.56. The summed E-state index contributed by atoms with van der Waals surface area (Å²) >= 11 is 0. The minimum atomic E-state index is -0.577. The Kier molecular flexibility index (Phi) is 5.71. The Morgan fingerprint density at radius 2 is 2.00 bits per heavy atom. The molecule has 0 saturated carbocycles. The first kappa shape index (κ1) is 12.4. The summed E-state index contributed by atoms with van der Waals surface area (Å²) in [6.45, 7) is 6.23. The maximum absolute atomic E-state index is 10.5. The molecule has 0 aliphatic carbocycles. The Labute approximate surface area is 80.3 Å². The first-order chi connectivity index (χ1) is 5.97. The highest BCUT2D eigenvalue weighted by Gasteiger charge is 2.18. The lowest BCUT2D eigenvalue weighted by molar-refractivity contribution is -0.120. The summed E-state index contributed by atoms with van der Waals surface area (Å²) in [6, 6.07) is 0. The quantitative estimate of drug-likeness (QED) is 0.658. The molecule has 0 aromatic heterocycles. The summed E-state index contributed by atoms with van der Waals surface area (Å²) in [4.78, 5) is 10.5. The third-order valence-corrected chi connectivity index (χ3v) is 2.54. The van der Waals surface area contributed by atoms with E-state index in [2.05, 4.69) is 13.8 Å². The molecule has 0 aliphatic heterocycles. The Balaban J connectivity index is 3.81. The van der Waals surface area contributed by atoms with Crippen LogP contribution in [0, 0.1) is 11.8 Å². The van der Waals surface area contributed by atoms with E-state index in [4.69, 9.17) is 5.73 Å². The van der Waals surface area contributed by atoms with Crippen molar-refractivity contribution in [2.45, 2.75) is 46.1 Å². The van der Waals surface area contributed by atoms with Gasteiger partial charge in [0.25, 0.3) is 0 Å². The molecule has 3 N–H and O–H groups in total. The van der Waals surface area contributed by atoms with Gasteiger partial charge in [-0.1, -0.05) is 27.2 Å². The molecule has 13 heavy (non-hydrogen) atoms. The lowest BCUT2D eigenvalue weighted by Gasteiger charge is -2.20. The van der Waals surface area contributed by atoms with Crippen molar-refractivity contribution < 1.29 is 9.90 Å². The third kappa shape index (κ3) is 5.64. The minimum Gasteiger partial charge on any atom is -0.392 e. The SMILES string of the molecule is CC[C@H](C)C[C@@H](C)[C@@H](O)CC(N)=O. The highest BCUT2D eigenvalue weighted by atomic mass is 16.3. The largest absolute Gasteiger partial charge is 0.392 e. The number of hydrogen-bond acceptors (Lipinski definition) is 2. The number of aliphatic hydroxyl groups excluding tert-OH is 1. The molecule has 0 aliphatic rings. The van der Waals surface area contributed by atoms with Gasteiger partial charge in [-0.2, -0.15) is 0 Å². The monoisotopic (exact) mass is 187 g/mol. The van der Waals surface area contributed by atoms with Crippen LogP contribution in [0.5, 0.6) is 0 Å². The van der Waals surface area contributed by atoms with Crippen LogP contribution >= 0.6 is 0 Å². The van der Waals surface area contributed by atoms with E-state index in [1.165, 1.54) is 0 Å². The third-order valence-electron chi connectivity index (χ3n) is 2.54. The van der Waals surface area contributed by atoms with E-state index in [9.17, 15) is 9.90 Å². The second-order valence-corrected chi connectivity index (χ2v) is 3.96. The fourth-order valence-corrected chi connectivity index (χ4v) is 1.37. The van der Waals surface area contributed by atoms with Crippen molar-refractivity contribution >= 4 is 5.91 Å². The van der Waals surface area contributed by atoms with Gasteiger partial charge in [-0.15, -0.1) is 0 Å². The first-order valence-electron chi connectivity index (χ1n) is 4.93. The summed E-state index contributed by atoms with van der Waals surface area (Å²) < 4.78 is 0. The molecule has 0 fully saturated rings. The van der Waals surface area contributed by atoms with Gasteiger partial charge in [0.1, 0.15) is 0 Å². The molecule has 0 heterocycles. The van der Waals surface area contributed by atoms with Crippen LogP contribution < -0.4 is 5.73 Å². The van der Waals surface area contributed by atoms with Crippen LogP contribution in [0.25, 0.3) is 0 Å². The Hall–Kier alpha value is -0.570. The van der Waals surface area contributed by atoms with Gasteiger partial charge in [-0.05, 0) is 18.3 Å². The van der Waals surface area contributed by atoms with Crippen molar-refractivity contribution in [2.24, 2.45) is 17.6 Å². The van der Waals surface area contributed by atoms with Crippen LogP contribution in [0.3, 0.4) is 0 Å². The summed E-state index contributed by atoms with van der Waals surface area (Å²) in [5.41, 5.74) is 5.00. The molecule has 3 heteroatoms. The Bertz CT molecular complexity index is 159. The maximum Gasteiger partial charge on any atom is 0.220 e. The molecule has 0 radical (unpaired) electrons. The number of nitrogens with two attached hydrogens (primary N) is 1. The van der Waals surface area contributed by atoms with Crippen molar-refractivity contribution in [1.82, 2.24) is 0 Å². The number of primary amides is 1. The molecular formula is C10H21NO2. The van der Waals surface area contributed by atoms with Gasteiger partial charge in [0.05, 0.1) is 12.5 Å². The summed E-state index contributed by atoms with van der Waals surface area (Å²) in [5.74, 6) is 0.323. The smallest absolute Gasteiger partial charge is 0.220 e. The van der Waals surface area contributed by atoms with Crippen LogP contribution in [-0.4, -0.2) is 17.1 Å². The van der Waals surface area contributed by atoms with E-state index >= 15 is 0 Å². The van der Waals surface area contributed by atoms with Crippen molar-refractivity contribution in [3.05, 3.63) is 0 Å². The van der Waals surface area contributed by atoms with E-state index in [0.717, 1.165) is 12.8 Å². The second-order valence-electron chi connectivity index (χ2n) is 3.96. The van der Waals surface area contributed by atoms with E-state index in [1.807, 2.05) is 6.92 Å². The molecule has 0 aromatic carbocycles. The molecule has 0 rings (SSSR count). The number of carbonyl (C=O) groups excluding carboxylic acids is 1. The molecular weight excluding hydrogens is 166 g/mol. The second kappa shape index (κ2) is 5.97. The molecule has 0 bridgehead atoms. The van der Waals surface area contributed by atoms with E-state index in [1.54, 1.807) is 0 Å². The highest BCUT2D eigenvalue weighted by Crippen LogP contribution is 2.19. The maximum atomic E-state index is 10.5. The Morgan fingerprint density at radius 1 is 1.46 bits per heavy atom.